The third kappa shape index (κ3) is 3.24. The standard InChI is InChI=1S/C13H23N3O2/c1-4-5-6-10-7-16(9-17)8-11(12(10)14-2)13(18)15-3/h9-10,14H,4-8H2,1-3H3,(H,15,18). The van der Waals surface area contributed by atoms with Crippen LogP contribution in [-0.2, 0) is 9.59 Å². The Labute approximate surface area is 109 Å². The summed E-state index contributed by atoms with van der Waals surface area (Å²) in [7, 11) is 3.46. The van der Waals surface area contributed by atoms with Gasteiger partial charge in [-0.3, -0.25) is 9.59 Å². The largest absolute Gasteiger partial charge is 0.391 e. The van der Waals surface area contributed by atoms with Crippen molar-refractivity contribution >= 4 is 12.3 Å². The average Bonchev–Trinajstić information content (AvgIpc) is 2.42. The number of likely N-dealkylation sites (N-methyl/N-ethyl adjacent to an activating group) is 1. The van der Waals surface area contributed by atoms with Gasteiger partial charge in [-0.1, -0.05) is 19.8 Å². The highest BCUT2D eigenvalue weighted by molar-refractivity contribution is 5.95. The SMILES string of the molecule is CCCCC1CN(C=O)CC(C(=O)NC)=C1NC. The molecule has 1 heterocycles. The number of nitrogens with one attached hydrogen (secondary N) is 2. The molecule has 0 aromatic rings. The summed E-state index contributed by atoms with van der Waals surface area (Å²) in [6.07, 6.45) is 4.04. The van der Waals surface area contributed by atoms with Crippen molar-refractivity contribution in [2.75, 3.05) is 27.2 Å². The molecule has 0 radical (unpaired) electrons. The van der Waals surface area contributed by atoms with Gasteiger partial charge in [0.25, 0.3) is 5.91 Å². The van der Waals surface area contributed by atoms with Gasteiger partial charge in [0.1, 0.15) is 0 Å². The fourth-order valence-electron chi connectivity index (χ4n) is 2.44. The summed E-state index contributed by atoms with van der Waals surface area (Å²) in [5.41, 5.74) is 1.67. The number of hydrogen-bond donors (Lipinski definition) is 2. The normalized spacial score (nSPS) is 19.7. The number of hydrogen-bond acceptors (Lipinski definition) is 3. The fraction of sp³-hybridized carbons (Fsp3) is 0.692. The molecule has 5 heteroatoms. The smallest absolute Gasteiger partial charge is 0.250 e. The molecule has 5 nitrogen and oxygen atoms in total. The van der Waals surface area contributed by atoms with Crippen molar-refractivity contribution in [3.05, 3.63) is 11.3 Å². The van der Waals surface area contributed by atoms with Crippen LogP contribution in [-0.4, -0.2) is 44.4 Å². The Bertz CT molecular complexity index is 339. The van der Waals surface area contributed by atoms with Crippen molar-refractivity contribution in [1.82, 2.24) is 15.5 Å². The van der Waals surface area contributed by atoms with Crippen LogP contribution in [0.4, 0.5) is 0 Å². The van der Waals surface area contributed by atoms with Gasteiger partial charge < -0.3 is 15.5 Å². The highest BCUT2D eigenvalue weighted by atomic mass is 16.2. The van der Waals surface area contributed by atoms with Gasteiger partial charge >= 0.3 is 0 Å². The van der Waals surface area contributed by atoms with Crippen LogP contribution in [0.25, 0.3) is 0 Å². The molecule has 0 bridgehead atoms. The summed E-state index contributed by atoms with van der Waals surface area (Å²) in [5, 5.41) is 5.79. The molecule has 1 unspecified atom stereocenters. The molecule has 1 aliphatic heterocycles. The van der Waals surface area contributed by atoms with Crippen molar-refractivity contribution in [3.8, 4) is 0 Å². The molecular formula is C13H23N3O2. The van der Waals surface area contributed by atoms with E-state index in [-0.39, 0.29) is 11.8 Å². The van der Waals surface area contributed by atoms with E-state index in [0.717, 1.165) is 31.4 Å². The molecule has 1 aliphatic rings. The Morgan fingerprint density at radius 1 is 1.50 bits per heavy atom. The number of carbonyl (C=O) groups is 2. The van der Waals surface area contributed by atoms with E-state index in [2.05, 4.69) is 17.6 Å². The van der Waals surface area contributed by atoms with Gasteiger partial charge in [-0.05, 0) is 6.42 Å². The highest BCUT2D eigenvalue weighted by Gasteiger charge is 2.29. The predicted molar refractivity (Wildman–Crippen MR) is 70.8 cm³/mol. The first kappa shape index (κ1) is 14.5. The lowest BCUT2D eigenvalue weighted by molar-refractivity contribution is -0.120. The molecule has 2 amide bonds. The predicted octanol–water partition coefficient (Wildman–Crippen LogP) is 0.484. The van der Waals surface area contributed by atoms with Gasteiger partial charge in [-0.25, -0.2) is 0 Å². The van der Waals surface area contributed by atoms with Crippen molar-refractivity contribution in [1.29, 1.82) is 0 Å². The summed E-state index contributed by atoms with van der Waals surface area (Å²) in [6, 6.07) is 0. The average molecular weight is 253 g/mol. The maximum absolute atomic E-state index is 11.9. The molecule has 0 saturated carbocycles. The number of unbranched alkanes of at least 4 members (excludes halogenated alkanes) is 1. The van der Waals surface area contributed by atoms with Crippen LogP contribution < -0.4 is 10.6 Å². The van der Waals surface area contributed by atoms with Crippen LogP contribution in [0.1, 0.15) is 26.2 Å². The second-order valence-electron chi connectivity index (χ2n) is 4.60. The highest BCUT2D eigenvalue weighted by Crippen LogP contribution is 2.25. The minimum absolute atomic E-state index is 0.104. The van der Waals surface area contributed by atoms with Crippen LogP contribution in [0, 0.1) is 5.92 Å². The van der Waals surface area contributed by atoms with E-state index >= 15 is 0 Å². The van der Waals surface area contributed by atoms with Crippen LogP contribution >= 0.6 is 0 Å². The van der Waals surface area contributed by atoms with E-state index in [4.69, 9.17) is 0 Å². The minimum Gasteiger partial charge on any atom is -0.391 e. The van der Waals surface area contributed by atoms with Crippen LogP contribution in [0.2, 0.25) is 0 Å². The monoisotopic (exact) mass is 253 g/mol. The third-order valence-electron chi connectivity index (χ3n) is 3.38. The Hall–Kier alpha value is -1.52. The van der Waals surface area contributed by atoms with Gasteiger partial charge in [0.2, 0.25) is 6.41 Å². The number of carbonyl (C=O) groups excluding carboxylic acids is 2. The first-order valence-corrected chi connectivity index (χ1v) is 6.50. The van der Waals surface area contributed by atoms with Gasteiger partial charge in [-0.2, -0.15) is 0 Å². The van der Waals surface area contributed by atoms with Gasteiger partial charge in [0.05, 0.1) is 12.1 Å². The molecule has 18 heavy (non-hydrogen) atoms. The Balaban J connectivity index is 2.98. The molecule has 1 rings (SSSR count). The van der Waals surface area contributed by atoms with Crippen molar-refractivity contribution in [2.45, 2.75) is 26.2 Å². The zero-order valence-electron chi connectivity index (χ0n) is 11.5. The first-order valence-electron chi connectivity index (χ1n) is 6.50. The Kier molecular flexibility index (Phi) is 5.68. The lowest BCUT2D eigenvalue weighted by atomic mass is 9.90. The number of rotatable bonds is 6. The quantitative estimate of drug-likeness (QED) is 0.677. The topological polar surface area (TPSA) is 61.4 Å². The Morgan fingerprint density at radius 2 is 2.22 bits per heavy atom. The fourth-order valence-corrected chi connectivity index (χ4v) is 2.44. The third-order valence-corrected chi connectivity index (χ3v) is 3.38. The summed E-state index contributed by atoms with van der Waals surface area (Å²) >= 11 is 0. The molecule has 2 N–H and O–H groups in total. The maximum Gasteiger partial charge on any atom is 0.250 e. The van der Waals surface area contributed by atoms with Crippen molar-refractivity contribution < 1.29 is 9.59 Å². The molecule has 0 aromatic heterocycles. The number of amides is 2. The number of nitrogens with zero attached hydrogens (tertiary/aromatic N) is 1. The molecule has 0 aromatic carbocycles. The lowest BCUT2D eigenvalue weighted by Crippen LogP contribution is -2.43. The molecule has 1 atom stereocenters. The molecule has 0 aliphatic carbocycles. The molecule has 0 saturated heterocycles. The molecular weight excluding hydrogens is 230 g/mol. The second kappa shape index (κ2) is 7.03. The van der Waals surface area contributed by atoms with E-state index in [1.807, 2.05) is 7.05 Å². The zero-order valence-corrected chi connectivity index (χ0v) is 11.5. The van der Waals surface area contributed by atoms with Gasteiger partial charge in [0, 0.05) is 32.3 Å². The summed E-state index contributed by atoms with van der Waals surface area (Å²) in [5.74, 6) is 0.133. The van der Waals surface area contributed by atoms with Crippen molar-refractivity contribution in [2.24, 2.45) is 5.92 Å². The second-order valence-corrected chi connectivity index (χ2v) is 4.60. The Morgan fingerprint density at radius 3 is 2.72 bits per heavy atom. The van der Waals surface area contributed by atoms with Gasteiger partial charge in [0.15, 0.2) is 0 Å². The first-order chi connectivity index (χ1) is 8.67. The van der Waals surface area contributed by atoms with Crippen LogP contribution in [0.5, 0.6) is 0 Å². The van der Waals surface area contributed by atoms with E-state index in [1.165, 1.54) is 0 Å². The summed E-state index contributed by atoms with van der Waals surface area (Å²) in [4.78, 5) is 24.5. The van der Waals surface area contributed by atoms with Crippen molar-refractivity contribution in [3.63, 3.8) is 0 Å². The molecule has 102 valence electrons. The molecule has 0 spiro atoms. The van der Waals surface area contributed by atoms with E-state index in [9.17, 15) is 9.59 Å². The molecule has 0 fully saturated rings. The van der Waals surface area contributed by atoms with Gasteiger partial charge in [-0.15, -0.1) is 0 Å². The van der Waals surface area contributed by atoms with E-state index in [1.54, 1.807) is 11.9 Å². The maximum atomic E-state index is 11.9. The zero-order chi connectivity index (χ0) is 13.5. The van der Waals surface area contributed by atoms with Crippen LogP contribution in [0.15, 0.2) is 11.3 Å². The van der Waals surface area contributed by atoms with E-state index < -0.39 is 0 Å². The summed E-state index contributed by atoms with van der Waals surface area (Å²) < 4.78 is 0. The van der Waals surface area contributed by atoms with Crippen LogP contribution in [0.3, 0.4) is 0 Å². The minimum atomic E-state index is -0.104. The summed E-state index contributed by atoms with van der Waals surface area (Å²) in [6.45, 7) is 3.23. The lowest BCUT2D eigenvalue weighted by Gasteiger charge is -2.34. The van der Waals surface area contributed by atoms with E-state index in [0.29, 0.717) is 18.7 Å².